The Hall–Kier alpha value is -1.22. The van der Waals surface area contributed by atoms with Gasteiger partial charge < -0.3 is 30.1 Å². The van der Waals surface area contributed by atoms with Crippen molar-refractivity contribution in [3.63, 3.8) is 0 Å². The van der Waals surface area contributed by atoms with Crippen LogP contribution in [0.1, 0.15) is 142 Å². The van der Waals surface area contributed by atoms with E-state index < -0.39 is 30.6 Å². The minimum atomic E-state index is -1.50. The van der Waals surface area contributed by atoms with Crippen molar-refractivity contribution in [2.24, 2.45) is 0 Å². The molecule has 224 valence electrons. The standard InChI is InChI=1S/C30H57NO7/c1-3-5-7-9-11-13-15-17-19-21-25(32)31-27-29(35)28(34)24(38-30(27)36)23-37-26(33)22-20-18-16-14-12-10-8-6-4-2/h24,27-30,34-36H,3-23H2,1-2H3,(H,31,32)/t24-,27-,28-,29-,30?/m1/s1. The molecule has 0 aromatic carbocycles. The lowest BCUT2D eigenvalue weighted by atomic mass is 9.96. The van der Waals surface area contributed by atoms with Gasteiger partial charge in [-0.25, -0.2) is 0 Å². The molecule has 1 fully saturated rings. The van der Waals surface area contributed by atoms with Gasteiger partial charge in [0.25, 0.3) is 0 Å². The molecule has 8 heteroatoms. The normalized spacial score (nSPS) is 23.3. The summed E-state index contributed by atoms with van der Waals surface area (Å²) in [6.07, 6.45) is 15.9. The third-order valence-corrected chi connectivity index (χ3v) is 7.45. The minimum absolute atomic E-state index is 0.259. The molecule has 0 spiro atoms. The SMILES string of the molecule is CCCCCCCCCCCC(=O)N[C@H]1C(O)O[C@H](COC(=O)CCCCCCCCCCC)[C@@H](O)[C@@H]1O. The van der Waals surface area contributed by atoms with E-state index in [1.165, 1.54) is 77.0 Å². The number of amides is 1. The summed E-state index contributed by atoms with van der Waals surface area (Å²) in [6, 6.07) is -1.13. The number of aliphatic hydroxyl groups is 3. The highest BCUT2D eigenvalue weighted by Gasteiger charge is 2.44. The number of carbonyl (C=O) groups excluding carboxylic acids is 2. The largest absolute Gasteiger partial charge is 0.463 e. The van der Waals surface area contributed by atoms with Crippen LogP contribution in [-0.4, -0.2) is 64.4 Å². The van der Waals surface area contributed by atoms with Crippen LogP contribution in [0.25, 0.3) is 0 Å². The van der Waals surface area contributed by atoms with Crippen molar-refractivity contribution in [2.75, 3.05) is 6.61 Å². The maximum Gasteiger partial charge on any atom is 0.305 e. The van der Waals surface area contributed by atoms with Crippen molar-refractivity contribution in [2.45, 2.75) is 173 Å². The fourth-order valence-corrected chi connectivity index (χ4v) is 4.92. The van der Waals surface area contributed by atoms with Gasteiger partial charge in [0.1, 0.15) is 31.0 Å². The fourth-order valence-electron chi connectivity index (χ4n) is 4.92. The van der Waals surface area contributed by atoms with E-state index >= 15 is 0 Å². The average molecular weight is 544 g/mol. The third-order valence-electron chi connectivity index (χ3n) is 7.45. The summed E-state index contributed by atoms with van der Waals surface area (Å²) >= 11 is 0. The van der Waals surface area contributed by atoms with Gasteiger partial charge >= 0.3 is 5.97 Å². The minimum Gasteiger partial charge on any atom is -0.463 e. The number of aliphatic hydroxyl groups excluding tert-OH is 3. The zero-order valence-electron chi connectivity index (χ0n) is 24.2. The van der Waals surface area contributed by atoms with Crippen LogP contribution in [0.4, 0.5) is 0 Å². The topological polar surface area (TPSA) is 125 Å². The van der Waals surface area contributed by atoms with E-state index in [1.54, 1.807) is 0 Å². The number of unbranched alkanes of at least 4 members (excludes halogenated alkanes) is 16. The van der Waals surface area contributed by atoms with Gasteiger partial charge in [0, 0.05) is 12.8 Å². The quantitative estimate of drug-likeness (QED) is 0.102. The van der Waals surface area contributed by atoms with E-state index in [-0.39, 0.29) is 18.5 Å². The first-order valence-corrected chi connectivity index (χ1v) is 15.5. The van der Waals surface area contributed by atoms with Crippen molar-refractivity contribution < 1.29 is 34.4 Å². The number of carbonyl (C=O) groups is 2. The Kier molecular flexibility index (Phi) is 20.7. The van der Waals surface area contributed by atoms with E-state index in [4.69, 9.17) is 9.47 Å². The molecule has 38 heavy (non-hydrogen) atoms. The average Bonchev–Trinajstić information content (AvgIpc) is 2.90. The second-order valence-corrected chi connectivity index (χ2v) is 11.0. The van der Waals surface area contributed by atoms with Crippen molar-refractivity contribution >= 4 is 11.9 Å². The molecule has 0 aliphatic carbocycles. The number of ether oxygens (including phenoxy) is 2. The molecule has 0 radical (unpaired) electrons. The molecule has 8 nitrogen and oxygen atoms in total. The van der Waals surface area contributed by atoms with Crippen LogP contribution in [0.5, 0.6) is 0 Å². The van der Waals surface area contributed by atoms with Gasteiger partial charge in [-0.15, -0.1) is 0 Å². The number of nitrogens with one attached hydrogen (secondary N) is 1. The van der Waals surface area contributed by atoms with Gasteiger partial charge in [-0.1, -0.05) is 117 Å². The second kappa shape index (κ2) is 22.6. The third kappa shape index (κ3) is 16.0. The highest BCUT2D eigenvalue weighted by Crippen LogP contribution is 2.21. The van der Waals surface area contributed by atoms with Crippen LogP contribution < -0.4 is 5.32 Å². The fraction of sp³-hybridized carbons (Fsp3) is 0.933. The summed E-state index contributed by atoms with van der Waals surface area (Å²) in [5.74, 6) is -0.679. The first kappa shape index (κ1) is 34.8. The number of esters is 1. The van der Waals surface area contributed by atoms with Gasteiger partial charge in [-0.3, -0.25) is 9.59 Å². The van der Waals surface area contributed by atoms with Crippen molar-refractivity contribution in [1.82, 2.24) is 5.32 Å². The van der Waals surface area contributed by atoms with E-state index in [2.05, 4.69) is 19.2 Å². The monoisotopic (exact) mass is 543 g/mol. The summed E-state index contributed by atoms with van der Waals surface area (Å²) in [6.45, 7) is 4.16. The van der Waals surface area contributed by atoms with E-state index in [1.807, 2.05) is 0 Å². The van der Waals surface area contributed by atoms with Crippen LogP contribution in [-0.2, 0) is 19.1 Å². The molecule has 0 bridgehead atoms. The molecule has 1 unspecified atom stereocenters. The molecular formula is C30H57NO7. The molecule has 5 atom stereocenters. The zero-order chi connectivity index (χ0) is 28.0. The van der Waals surface area contributed by atoms with Crippen molar-refractivity contribution in [3.8, 4) is 0 Å². The molecule has 1 amide bonds. The Bertz CT molecular complexity index is 601. The predicted molar refractivity (Wildman–Crippen MR) is 149 cm³/mol. The molecule has 1 saturated heterocycles. The molecule has 4 N–H and O–H groups in total. The molecule has 0 saturated carbocycles. The maximum atomic E-state index is 12.3. The zero-order valence-corrected chi connectivity index (χ0v) is 24.2. The summed E-state index contributed by atoms with van der Waals surface area (Å²) in [4.78, 5) is 24.4. The van der Waals surface area contributed by atoms with E-state index in [0.29, 0.717) is 12.8 Å². The highest BCUT2D eigenvalue weighted by molar-refractivity contribution is 5.76. The summed E-state index contributed by atoms with van der Waals surface area (Å²) < 4.78 is 10.6. The Morgan fingerprint density at radius 3 is 1.61 bits per heavy atom. The lowest BCUT2D eigenvalue weighted by Gasteiger charge is -2.40. The smallest absolute Gasteiger partial charge is 0.305 e. The number of hydrogen-bond donors (Lipinski definition) is 4. The Labute approximate surface area is 231 Å². The van der Waals surface area contributed by atoms with E-state index in [9.17, 15) is 24.9 Å². The Balaban J connectivity index is 2.17. The van der Waals surface area contributed by atoms with Crippen molar-refractivity contribution in [3.05, 3.63) is 0 Å². The van der Waals surface area contributed by atoms with Crippen LogP contribution in [0.3, 0.4) is 0 Å². The van der Waals surface area contributed by atoms with E-state index in [0.717, 1.165) is 38.5 Å². The summed E-state index contributed by atoms with van der Waals surface area (Å²) in [5, 5.41) is 33.8. The van der Waals surface area contributed by atoms with Gasteiger partial charge in [0.15, 0.2) is 6.29 Å². The first-order chi connectivity index (χ1) is 18.4. The predicted octanol–water partition coefficient (Wildman–Crippen LogP) is 5.30. The molecule has 1 aliphatic rings. The molecule has 1 heterocycles. The van der Waals surface area contributed by atoms with Gasteiger partial charge in [-0.2, -0.15) is 0 Å². The van der Waals surface area contributed by atoms with Crippen LogP contribution in [0, 0.1) is 0 Å². The van der Waals surface area contributed by atoms with Crippen LogP contribution in [0.2, 0.25) is 0 Å². The van der Waals surface area contributed by atoms with Crippen LogP contribution in [0.15, 0.2) is 0 Å². The lowest BCUT2D eigenvalue weighted by Crippen LogP contribution is -2.64. The number of hydrogen-bond acceptors (Lipinski definition) is 7. The number of rotatable bonds is 23. The van der Waals surface area contributed by atoms with Crippen LogP contribution >= 0.6 is 0 Å². The summed E-state index contributed by atoms with van der Waals surface area (Å²) in [5.41, 5.74) is 0. The maximum absolute atomic E-state index is 12.3. The molecular weight excluding hydrogens is 486 g/mol. The highest BCUT2D eigenvalue weighted by atomic mass is 16.6. The Morgan fingerprint density at radius 2 is 1.11 bits per heavy atom. The summed E-state index contributed by atoms with van der Waals surface area (Å²) in [7, 11) is 0. The lowest BCUT2D eigenvalue weighted by molar-refractivity contribution is -0.255. The Morgan fingerprint density at radius 1 is 0.658 bits per heavy atom. The molecule has 0 aromatic heterocycles. The molecule has 1 aliphatic heterocycles. The molecule has 0 aromatic rings. The van der Waals surface area contributed by atoms with Gasteiger partial charge in [0.05, 0.1) is 0 Å². The van der Waals surface area contributed by atoms with Gasteiger partial charge in [-0.05, 0) is 12.8 Å². The van der Waals surface area contributed by atoms with Crippen molar-refractivity contribution in [1.29, 1.82) is 0 Å². The molecule has 1 rings (SSSR count). The second-order valence-electron chi connectivity index (χ2n) is 11.0. The van der Waals surface area contributed by atoms with Gasteiger partial charge in [0.2, 0.25) is 5.91 Å². The first-order valence-electron chi connectivity index (χ1n) is 15.5.